The van der Waals surface area contributed by atoms with Gasteiger partial charge in [-0.1, -0.05) is 115 Å². The van der Waals surface area contributed by atoms with Crippen LogP contribution in [0.15, 0.2) is 132 Å². The quantitative estimate of drug-likeness (QED) is 0.205. The van der Waals surface area contributed by atoms with Crippen molar-refractivity contribution in [1.82, 2.24) is 4.57 Å². The third kappa shape index (κ3) is 3.40. The van der Waals surface area contributed by atoms with Crippen molar-refractivity contribution in [3.63, 3.8) is 0 Å². The molecule has 0 fully saturated rings. The first-order chi connectivity index (χ1) is 19.7. The van der Waals surface area contributed by atoms with Crippen molar-refractivity contribution >= 4 is 72.2 Å². The van der Waals surface area contributed by atoms with Gasteiger partial charge in [-0.2, -0.15) is 0 Å². The van der Waals surface area contributed by atoms with E-state index in [1.807, 2.05) is 6.07 Å². The summed E-state index contributed by atoms with van der Waals surface area (Å²) in [5.74, 6) is 0. The topological polar surface area (TPSA) is 18.1 Å². The van der Waals surface area contributed by atoms with Gasteiger partial charge < -0.3 is 8.98 Å². The van der Waals surface area contributed by atoms with E-state index in [0.717, 1.165) is 39.4 Å². The molecule has 0 amide bonds. The number of furan rings is 1. The fourth-order valence-corrected chi connectivity index (χ4v) is 10.6. The van der Waals surface area contributed by atoms with Crippen LogP contribution in [-0.4, -0.2) is 10.2 Å². The van der Waals surface area contributed by atoms with Crippen LogP contribution < -0.4 is 10.6 Å². The Balaban J connectivity index is 1.38. The molecular formula is C36H24NOPS. The van der Waals surface area contributed by atoms with Crippen LogP contribution >= 0.6 is 6.04 Å². The molecule has 8 rings (SSSR count). The Kier molecular flexibility index (Phi) is 5.36. The maximum absolute atomic E-state index is 6.71. The summed E-state index contributed by atoms with van der Waals surface area (Å²) in [6.45, 7) is 0. The summed E-state index contributed by atoms with van der Waals surface area (Å²) in [5, 5.41) is 6.73. The molecule has 2 unspecified atom stereocenters. The molecule has 7 aromatic rings. The van der Waals surface area contributed by atoms with Crippen LogP contribution in [0, 0.1) is 12.1 Å². The minimum atomic E-state index is -2.28. The number of para-hydroxylation sites is 2. The van der Waals surface area contributed by atoms with Gasteiger partial charge in [0, 0.05) is 44.9 Å². The minimum Gasteiger partial charge on any atom is -0.455 e. The minimum absolute atomic E-state index is 0.218. The average Bonchev–Trinajstić information content (AvgIpc) is 3.57. The highest BCUT2D eigenvalue weighted by molar-refractivity contribution is 8.22. The highest BCUT2D eigenvalue weighted by Gasteiger charge is 2.33. The van der Waals surface area contributed by atoms with E-state index in [-0.39, 0.29) is 5.66 Å². The zero-order chi connectivity index (χ0) is 26.7. The fourth-order valence-electron chi connectivity index (χ4n) is 6.21. The normalized spacial score (nSPS) is 16.6. The monoisotopic (exact) mass is 549 g/mol. The highest BCUT2D eigenvalue weighted by Crippen LogP contribution is 2.53. The van der Waals surface area contributed by atoms with E-state index in [1.165, 1.54) is 27.1 Å². The number of allylic oxidation sites excluding steroid dienone is 4. The third-order valence-electron chi connectivity index (χ3n) is 8.07. The molecule has 4 heteroatoms. The molecule has 0 aliphatic heterocycles. The first kappa shape index (κ1) is 23.5. The number of hydrogen-bond acceptors (Lipinski definition) is 2. The van der Waals surface area contributed by atoms with E-state index in [4.69, 9.17) is 16.2 Å². The Labute approximate surface area is 237 Å². The summed E-state index contributed by atoms with van der Waals surface area (Å²) in [5.41, 5.74) is 5.35. The highest BCUT2D eigenvalue weighted by atomic mass is 32.4. The summed E-state index contributed by atoms with van der Waals surface area (Å²) < 4.78 is 8.99. The lowest BCUT2D eigenvalue weighted by Gasteiger charge is -2.30. The predicted molar refractivity (Wildman–Crippen MR) is 172 cm³/mol. The van der Waals surface area contributed by atoms with Gasteiger partial charge in [-0.05, 0) is 42.1 Å². The van der Waals surface area contributed by atoms with Crippen molar-refractivity contribution in [2.24, 2.45) is 0 Å². The van der Waals surface area contributed by atoms with Crippen LogP contribution in [0.3, 0.4) is 0 Å². The molecule has 0 saturated heterocycles. The van der Waals surface area contributed by atoms with Crippen LogP contribution in [-0.2, 0) is 11.8 Å². The Morgan fingerprint density at radius 2 is 1.52 bits per heavy atom. The molecule has 0 saturated carbocycles. The molecular weight excluding hydrogens is 525 g/mol. The van der Waals surface area contributed by atoms with E-state index in [2.05, 4.69) is 138 Å². The van der Waals surface area contributed by atoms with Crippen LogP contribution in [0.2, 0.25) is 0 Å². The molecule has 0 bridgehead atoms. The molecule has 2 atom stereocenters. The van der Waals surface area contributed by atoms with Gasteiger partial charge >= 0.3 is 0 Å². The Hall–Kier alpha value is -4.35. The molecule has 2 nitrogen and oxygen atoms in total. The van der Waals surface area contributed by atoms with E-state index in [9.17, 15) is 0 Å². The molecule has 2 aromatic heterocycles. The largest absolute Gasteiger partial charge is 0.455 e. The second-order valence-corrected chi connectivity index (χ2v) is 15.0. The summed E-state index contributed by atoms with van der Waals surface area (Å²) in [7, 11) is 0. The number of benzene rings is 4. The molecule has 1 aliphatic rings. The van der Waals surface area contributed by atoms with Gasteiger partial charge in [0.15, 0.2) is 5.58 Å². The molecule has 5 aromatic carbocycles. The van der Waals surface area contributed by atoms with Gasteiger partial charge in [-0.25, -0.2) is 0 Å². The first-order valence-electron chi connectivity index (χ1n) is 13.5. The number of nitrogens with zero attached hydrogens (tertiary/aromatic N) is 1. The van der Waals surface area contributed by atoms with Crippen molar-refractivity contribution in [3.8, 4) is 5.69 Å². The molecule has 40 heavy (non-hydrogen) atoms. The number of rotatable bonds is 4. The van der Waals surface area contributed by atoms with E-state index in [1.54, 1.807) is 0 Å². The Bertz CT molecular complexity index is 2130. The molecule has 0 spiro atoms. The van der Waals surface area contributed by atoms with Gasteiger partial charge in [-0.15, -0.1) is 0 Å². The number of hydrogen-bond donors (Lipinski definition) is 0. The molecule has 0 N–H and O–H groups in total. The summed E-state index contributed by atoms with van der Waals surface area (Å²) in [4.78, 5) is 0. The maximum Gasteiger partial charge on any atom is 0.153 e. The lowest BCUT2D eigenvalue weighted by molar-refractivity contribution is 0.671. The second-order valence-electron chi connectivity index (χ2n) is 10.3. The van der Waals surface area contributed by atoms with Crippen LogP contribution in [0.5, 0.6) is 0 Å². The van der Waals surface area contributed by atoms with Gasteiger partial charge in [-0.3, -0.25) is 0 Å². The van der Waals surface area contributed by atoms with E-state index >= 15 is 0 Å². The van der Waals surface area contributed by atoms with Crippen LogP contribution in [0.4, 0.5) is 0 Å². The molecule has 1 aliphatic carbocycles. The standard InChI is InChI=1S/C36H24NOPS/c40-39(26-12-3-1-4-13-26,27-14-5-2-6-15-27)35-21-11-18-30-31-24-25(22-23-34(31)38-36(30)35)37-32-19-9-7-16-28(32)29-17-8-10-20-33(29)37/h1-10,12-14,16-17,19-24,27H,15H2. The predicted octanol–water partition coefficient (Wildman–Crippen LogP) is 8.60. The van der Waals surface area contributed by atoms with Crippen molar-refractivity contribution in [3.05, 3.63) is 140 Å². The van der Waals surface area contributed by atoms with Gasteiger partial charge in [0.1, 0.15) is 5.58 Å². The fraction of sp³-hybridized carbons (Fsp3) is 0.0556. The van der Waals surface area contributed by atoms with Crippen molar-refractivity contribution in [1.29, 1.82) is 0 Å². The summed E-state index contributed by atoms with van der Waals surface area (Å²) in [6, 6.07) is 40.7. The van der Waals surface area contributed by atoms with E-state index < -0.39 is 6.04 Å². The first-order valence-corrected chi connectivity index (χ1v) is 16.4. The Morgan fingerprint density at radius 1 is 0.800 bits per heavy atom. The van der Waals surface area contributed by atoms with Crippen molar-refractivity contribution < 1.29 is 4.42 Å². The van der Waals surface area contributed by atoms with Crippen LogP contribution in [0.25, 0.3) is 49.4 Å². The molecule has 2 heterocycles. The lowest BCUT2D eigenvalue weighted by atomic mass is 10.1. The maximum atomic E-state index is 6.71. The van der Waals surface area contributed by atoms with E-state index in [0.29, 0.717) is 0 Å². The summed E-state index contributed by atoms with van der Waals surface area (Å²) >= 11 is 6.71. The Morgan fingerprint density at radius 3 is 2.25 bits per heavy atom. The van der Waals surface area contributed by atoms with Crippen molar-refractivity contribution in [2.75, 3.05) is 0 Å². The third-order valence-corrected chi connectivity index (χ3v) is 13.5. The molecule has 190 valence electrons. The lowest BCUT2D eigenvalue weighted by Crippen LogP contribution is -2.25. The van der Waals surface area contributed by atoms with Gasteiger partial charge in [0.2, 0.25) is 0 Å². The smallest absolute Gasteiger partial charge is 0.153 e. The summed E-state index contributed by atoms with van der Waals surface area (Å²) in [6.07, 6.45) is 9.66. The number of aromatic nitrogens is 1. The molecule has 0 radical (unpaired) electrons. The van der Waals surface area contributed by atoms with Crippen molar-refractivity contribution in [2.45, 2.75) is 12.1 Å². The average molecular weight is 550 g/mol. The number of fused-ring (bicyclic) bond motifs is 6. The van der Waals surface area contributed by atoms with Gasteiger partial charge in [0.05, 0.1) is 16.4 Å². The SMILES string of the molecule is S=P(c1ccccc1)(c1cc#cc2c1oc1ccc(-n3c4ccccc4c4ccccc43)cc12)C1C=CC=CC1. The van der Waals surface area contributed by atoms with Crippen LogP contribution in [0.1, 0.15) is 6.42 Å². The van der Waals surface area contributed by atoms with Gasteiger partial charge in [0.25, 0.3) is 0 Å². The zero-order valence-electron chi connectivity index (χ0n) is 21.6. The zero-order valence-corrected chi connectivity index (χ0v) is 23.3. The second kappa shape index (κ2) is 9.10.